The van der Waals surface area contributed by atoms with Crippen molar-refractivity contribution in [2.45, 2.75) is 108 Å². The van der Waals surface area contributed by atoms with E-state index in [1.165, 1.54) is 0 Å². The predicted octanol–water partition coefficient (Wildman–Crippen LogP) is 10.8. The zero-order chi connectivity index (χ0) is 56.4. The number of aromatic nitrogens is 3. The van der Waals surface area contributed by atoms with Crippen molar-refractivity contribution in [3.8, 4) is 0 Å². The molecule has 0 aliphatic heterocycles. The maximum atomic E-state index is 15.0. The Kier molecular flexibility index (Phi) is 15.4. The lowest BCUT2D eigenvalue weighted by molar-refractivity contribution is -0.458. The summed E-state index contributed by atoms with van der Waals surface area (Å²) in [4.78, 5) is 6.63. The van der Waals surface area contributed by atoms with Crippen LogP contribution >= 0.6 is 11.6 Å². The second-order valence-electron chi connectivity index (χ2n) is 12.5. The van der Waals surface area contributed by atoms with Crippen LogP contribution in [-0.2, 0) is 20.0 Å². The molecule has 1 rings (SSSR count). The summed E-state index contributed by atoms with van der Waals surface area (Å²) in [7, 11) is -17.4. The van der Waals surface area contributed by atoms with Crippen LogP contribution in [0.5, 0.6) is 0 Å². The van der Waals surface area contributed by atoms with Gasteiger partial charge in [-0.15, -0.1) is 0 Å². The molecule has 0 radical (unpaired) electrons. The van der Waals surface area contributed by atoms with Crippen LogP contribution in [0.1, 0.15) is 13.8 Å². The van der Waals surface area contributed by atoms with Gasteiger partial charge in [0.15, 0.2) is 0 Å². The zero-order valence-corrected chi connectivity index (χ0v) is 33.2. The molecule has 0 amide bonds. The van der Waals surface area contributed by atoms with Crippen LogP contribution in [0.25, 0.3) is 0 Å². The largest absolute Gasteiger partial charge is 0.460 e. The van der Waals surface area contributed by atoms with E-state index in [0.29, 0.717) is 0 Å². The van der Waals surface area contributed by atoms with Crippen LogP contribution < -0.4 is 8.61 Å². The molecule has 0 N–H and O–H groups in total. The van der Waals surface area contributed by atoms with E-state index in [4.69, 9.17) is 11.6 Å². The van der Waals surface area contributed by atoms with Gasteiger partial charge in [-0.2, -0.15) is 181 Å². The summed E-state index contributed by atoms with van der Waals surface area (Å²) >= 11 is 5.04. The Labute approximate surface area is 359 Å². The minimum Gasteiger partial charge on any atom is -0.232 e. The average Bonchev–Trinajstić information content (AvgIpc) is 3.12. The fourth-order valence-electron chi connectivity index (χ4n) is 4.29. The smallest absolute Gasteiger partial charge is 0.232 e. The number of rotatable bonds is 20. The van der Waals surface area contributed by atoms with Gasteiger partial charge in [-0.05, 0) is 25.4 Å². The molecule has 0 fully saturated rings. The highest BCUT2D eigenvalue weighted by molar-refractivity contribution is 7.94. The van der Waals surface area contributed by atoms with Crippen molar-refractivity contribution in [3.05, 3.63) is 5.28 Å². The van der Waals surface area contributed by atoms with Gasteiger partial charge in [0.2, 0.25) is 17.2 Å². The lowest BCUT2D eigenvalue weighted by Gasteiger charge is -2.43. The summed E-state index contributed by atoms with van der Waals surface area (Å²) in [6.07, 6.45) is -16.5. The van der Waals surface area contributed by atoms with Crippen molar-refractivity contribution in [3.63, 3.8) is 0 Å². The fourth-order valence-corrected chi connectivity index (χ4v) is 7.17. The van der Waals surface area contributed by atoms with Gasteiger partial charge in [0, 0.05) is 13.1 Å². The highest BCUT2D eigenvalue weighted by atomic mass is 35.5. The molecule has 0 aliphatic carbocycles. The molecule has 0 aromatic carbocycles. The van der Waals surface area contributed by atoms with E-state index in [0.717, 1.165) is 0 Å². The standard InChI is InChI=1S/C23H10ClF34N5O4S2/c1-3-62(68(64,65)22(55,56)18(45,46)14(37,38)10(29,30)8(25,26)12(33,34)16(41,42)20(49,50)51)6-59-5(24)60-7(61-6)63(4-2)69(66,67)23(57,58)19(47,48)15(39,40)11(31,32)9(27,28)13(35,36)17(43,44)21(52,53)54/h3-4H2,1-2H3. The first kappa shape index (κ1) is 63.4. The SMILES string of the molecule is CCN(c1nc(Cl)nc(N(CC)S(=O)(=O)C(F)(F)C(F)(F)C(F)(F)C(F)(F)C(F)(F)C(F)(F)C(F)(F)C(F)(F)F)n1)S(=O)(=O)C(F)(F)C(F)(F)C(F)(F)C(F)(F)C(F)(F)C(F)(F)C(F)(F)C(F)(F)F. The predicted molar refractivity (Wildman–Crippen MR) is 150 cm³/mol. The molecular weight excluding hydrogens is 1160 g/mol. The van der Waals surface area contributed by atoms with E-state index in [-0.39, 0.29) is 13.8 Å². The van der Waals surface area contributed by atoms with Crippen molar-refractivity contribution in [1.82, 2.24) is 15.0 Å². The molecule has 1 heterocycles. The normalized spacial score (nSPS) is 16.2. The van der Waals surface area contributed by atoms with E-state index in [2.05, 4.69) is 15.0 Å². The topological polar surface area (TPSA) is 113 Å². The number of halogens is 35. The molecule has 408 valence electrons. The van der Waals surface area contributed by atoms with Gasteiger partial charge in [0.05, 0.1) is 0 Å². The van der Waals surface area contributed by atoms with Gasteiger partial charge in [-0.3, -0.25) is 0 Å². The van der Waals surface area contributed by atoms with Crippen LogP contribution in [0.3, 0.4) is 0 Å². The first-order chi connectivity index (χ1) is 29.5. The maximum Gasteiger partial charge on any atom is 0.460 e. The van der Waals surface area contributed by atoms with E-state index in [9.17, 15) is 166 Å². The van der Waals surface area contributed by atoms with Crippen molar-refractivity contribution in [2.24, 2.45) is 0 Å². The molecule has 0 saturated carbocycles. The Morgan fingerprint density at radius 3 is 0.681 bits per heavy atom. The Morgan fingerprint density at radius 2 is 0.507 bits per heavy atom. The summed E-state index contributed by atoms with van der Waals surface area (Å²) in [5, 5.41) is -19.5. The molecule has 1 aromatic heterocycles. The average molecular weight is 1170 g/mol. The summed E-state index contributed by atoms with van der Waals surface area (Å²) < 4.78 is 514. The van der Waals surface area contributed by atoms with Gasteiger partial charge in [0.1, 0.15) is 0 Å². The number of hydrogen-bond acceptors (Lipinski definition) is 7. The summed E-state index contributed by atoms with van der Waals surface area (Å²) in [6.45, 7) is -5.30. The maximum absolute atomic E-state index is 15.0. The summed E-state index contributed by atoms with van der Waals surface area (Å²) in [5.74, 6) is -116. The highest BCUT2D eigenvalue weighted by Crippen LogP contribution is 2.67. The van der Waals surface area contributed by atoms with Crippen molar-refractivity contribution in [1.29, 1.82) is 0 Å². The Bertz CT molecular complexity index is 2140. The third kappa shape index (κ3) is 8.06. The van der Waals surface area contributed by atoms with Crippen LogP contribution in [0.4, 0.5) is 161 Å². The molecule has 46 heteroatoms. The summed E-state index contributed by atoms with van der Waals surface area (Å²) in [5.41, 5.74) is 0. The molecule has 1 aromatic rings. The van der Waals surface area contributed by atoms with Gasteiger partial charge >= 0.3 is 114 Å². The third-order valence-corrected chi connectivity index (χ3v) is 12.2. The number of hydrogen-bond donors (Lipinski definition) is 0. The van der Waals surface area contributed by atoms with Gasteiger partial charge in [-0.1, -0.05) is 0 Å². The number of nitrogens with zero attached hydrogens (tertiary/aromatic N) is 5. The van der Waals surface area contributed by atoms with Crippen LogP contribution in [0.15, 0.2) is 0 Å². The Balaban J connectivity index is 4.18. The van der Waals surface area contributed by atoms with Crippen LogP contribution in [0, 0.1) is 0 Å². The quantitative estimate of drug-likeness (QED) is 0.120. The Hall–Kier alpha value is -3.58. The molecule has 0 aliphatic rings. The zero-order valence-electron chi connectivity index (χ0n) is 30.8. The Morgan fingerprint density at radius 1 is 0.333 bits per heavy atom. The van der Waals surface area contributed by atoms with Gasteiger partial charge < -0.3 is 0 Å². The molecule has 0 atom stereocenters. The first-order valence-corrected chi connectivity index (χ1v) is 18.6. The molecular formula is C23H10ClF34N5O4S2. The van der Waals surface area contributed by atoms with Gasteiger partial charge in [0.25, 0.3) is 0 Å². The molecule has 0 saturated heterocycles. The lowest BCUT2D eigenvalue weighted by atomic mass is 9.91. The fraction of sp³-hybridized carbons (Fsp3) is 0.870. The minimum atomic E-state index is -9.45. The van der Waals surface area contributed by atoms with Gasteiger partial charge in [-0.25, -0.2) is 8.61 Å². The minimum absolute atomic E-state index is 0.182. The van der Waals surface area contributed by atoms with Crippen molar-refractivity contribution < 1.29 is 166 Å². The number of sulfonamides is 2. The van der Waals surface area contributed by atoms with Crippen molar-refractivity contribution >= 4 is 43.5 Å². The van der Waals surface area contributed by atoms with Crippen molar-refractivity contribution in [2.75, 3.05) is 21.7 Å². The molecule has 0 unspecified atom stereocenters. The highest BCUT2D eigenvalue weighted by Gasteiger charge is 2.98. The number of alkyl halides is 34. The van der Waals surface area contributed by atoms with Crippen LogP contribution in [0.2, 0.25) is 5.28 Å². The monoisotopic (exact) mass is 1160 g/mol. The van der Waals surface area contributed by atoms with E-state index >= 15 is 0 Å². The van der Waals surface area contributed by atoms with E-state index in [1.54, 1.807) is 0 Å². The number of anilines is 2. The molecule has 0 bridgehead atoms. The van der Waals surface area contributed by atoms with E-state index < -0.39 is 153 Å². The second kappa shape index (κ2) is 16.7. The third-order valence-electron chi connectivity index (χ3n) is 8.22. The molecule has 69 heavy (non-hydrogen) atoms. The first-order valence-electron chi connectivity index (χ1n) is 15.4. The van der Waals surface area contributed by atoms with E-state index in [1.807, 2.05) is 0 Å². The second-order valence-corrected chi connectivity index (χ2v) is 16.6. The summed E-state index contributed by atoms with van der Waals surface area (Å²) in [6, 6.07) is 0. The molecule has 0 spiro atoms. The molecule has 9 nitrogen and oxygen atoms in total. The van der Waals surface area contributed by atoms with Crippen LogP contribution in [-0.4, -0.2) is 139 Å². The lowest BCUT2D eigenvalue weighted by Crippen LogP contribution is -2.75.